The van der Waals surface area contributed by atoms with Gasteiger partial charge in [0.1, 0.15) is 0 Å². The van der Waals surface area contributed by atoms with Crippen molar-refractivity contribution in [2.24, 2.45) is 0 Å². The molecule has 1 N–H and O–H groups in total. The third-order valence-electron chi connectivity index (χ3n) is 5.34. The van der Waals surface area contributed by atoms with Gasteiger partial charge in [-0.3, -0.25) is 4.79 Å². The molecule has 1 atom stereocenters. The van der Waals surface area contributed by atoms with Crippen LogP contribution in [0.2, 0.25) is 0 Å². The molecule has 6 nitrogen and oxygen atoms in total. The molecule has 0 fully saturated rings. The van der Waals surface area contributed by atoms with Gasteiger partial charge in [0.2, 0.25) is 0 Å². The number of para-hydroxylation sites is 1. The molecule has 0 radical (unpaired) electrons. The van der Waals surface area contributed by atoms with Gasteiger partial charge in [-0.1, -0.05) is 18.2 Å². The first-order valence-electron chi connectivity index (χ1n) is 9.45. The molecule has 6 heteroatoms. The third kappa shape index (κ3) is 3.92. The van der Waals surface area contributed by atoms with Crippen LogP contribution in [-0.2, 0) is 6.42 Å². The van der Waals surface area contributed by atoms with Crippen LogP contribution in [0.25, 0.3) is 0 Å². The van der Waals surface area contributed by atoms with Gasteiger partial charge in [0.05, 0.1) is 25.8 Å². The number of ether oxygens (including phenoxy) is 2. The molecule has 2 aromatic carbocycles. The Labute approximate surface area is 167 Å². The zero-order valence-electron chi connectivity index (χ0n) is 17.3. The second kappa shape index (κ2) is 8.52. The maximum Gasteiger partial charge on any atom is 0.255 e. The Bertz CT molecular complexity index is 851. The van der Waals surface area contributed by atoms with E-state index in [0.717, 1.165) is 13.0 Å². The van der Waals surface area contributed by atoms with E-state index in [4.69, 9.17) is 9.47 Å². The Hall–Kier alpha value is -2.73. The summed E-state index contributed by atoms with van der Waals surface area (Å²) < 4.78 is 10.7. The first-order chi connectivity index (χ1) is 13.5. The Balaban J connectivity index is 1.77. The molecule has 0 bridgehead atoms. The van der Waals surface area contributed by atoms with E-state index in [1.807, 2.05) is 14.1 Å². The lowest BCUT2D eigenvalue weighted by molar-refractivity contribution is 0.0938. The van der Waals surface area contributed by atoms with Crippen LogP contribution in [0.15, 0.2) is 36.4 Å². The van der Waals surface area contributed by atoms with Crippen molar-refractivity contribution in [3.8, 4) is 11.5 Å². The largest absolute Gasteiger partial charge is 0.493 e. The van der Waals surface area contributed by atoms with Crippen molar-refractivity contribution in [1.82, 2.24) is 10.2 Å². The molecule has 150 valence electrons. The minimum absolute atomic E-state index is 0.0803. The van der Waals surface area contributed by atoms with Crippen molar-refractivity contribution in [2.75, 3.05) is 53.4 Å². The number of benzene rings is 2. The van der Waals surface area contributed by atoms with Crippen LogP contribution in [0.1, 0.15) is 27.5 Å². The molecule has 0 spiro atoms. The Morgan fingerprint density at radius 3 is 2.68 bits per heavy atom. The number of hydrogen-bond donors (Lipinski definition) is 1. The second-order valence-electron chi connectivity index (χ2n) is 7.29. The van der Waals surface area contributed by atoms with E-state index < -0.39 is 0 Å². The Morgan fingerprint density at radius 2 is 2.00 bits per heavy atom. The van der Waals surface area contributed by atoms with E-state index in [1.165, 1.54) is 16.8 Å². The first-order valence-corrected chi connectivity index (χ1v) is 9.45. The number of rotatable bonds is 7. The summed E-state index contributed by atoms with van der Waals surface area (Å²) in [6.07, 6.45) is 1.06. The smallest absolute Gasteiger partial charge is 0.255 e. The quantitative estimate of drug-likeness (QED) is 0.797. The van der Waals surface area contributed by atoms with Gasteiger partial charge in [-0.2, -0.15) is 0 Å². The van der Waals surface area contributed by atoms with Crippen LogP contribution in [0.5, 0.6) is 11.5 Å². The molecule has 1 aliphatic heterocycles. The Morgan fingerprint density at radius 1 is 1.21 bits per heavy atom. The molecular weight excluding hydrogens is 354 g/mol. The normalized spacial score (nSPS) is 14.0. The summed E-state index contributed by atoms with van der Waals surface area (Å²) in [7, 11) is 9.28. The van der Waals surface area contributed by atoms with Gasteiger partial charge in [-0.05, 0) is 49.8 Å². The van der Waals surface area contributed by atoms with Gasteiger partial charge in [0.25, 0.3) is 5.91 Å². The van der Waals surface area contributed by atoms with Gasteiger partial charge in [-0.15, -0.1) is 0 Å². The van der Waals surface area contributed by atoms with Crippen LogP contribution in [0.3, 0.4) is 0 Å². The molecule has 0 saturated heterocycles. The van der Waals surface area contributed by atoms with Gasteiger partial charge in [0, 0.05) is 25.8 Å². The standard InChI is InChI=1S/C22H29N3O3/c1-24(2)19(15-9-10-18-16(13-15)11-12-25(18)3)14-23-22(26)17-7-6-8-20(27-4)21(17)28-5/h6-10,13,19H,11-12,14H2,1-5H3,(H,23,26)/t19-/m0/s1. The van der Waals surface area contributed by atoms with E-state index in [0.29, 0.717) is 23.6 Å². The molecule has 2 aromatic rings. The summed E-state index contributed by atoms with van der Waals surface area (Å²) in [6, 6.07) is 12.0. The molecule has 3 rings (SSSR count). The zero-order chi connectivity index (χ0) is 20.3. The number of fused-ring (bicyclic) bond motifs is 1. The predicted octanol–water partition coefficient (Wildman–Crippen LogP) is 2.73. The number of anilines is 1. The fourth-order valence-electron chi connectivity index (χ4n) is 3.74. The lowest BCUT2D eigenvalue weighted by Gasteiger charge is -2.26. The molecular formula is C22H29N3O3. The lowest BCUT2D eigenvalue weighted by Crippen LogP contribution is -2.34. The number of carbonyl (C=O) groups excluding carboxylic acids is 1. The maximum atomic E-state index is 12.8. The summed E-state index contributed by atoms with van der Waals surface area (Å²) in [5.41, 5.74) is 4.34. The summed E-state index contributed by atoms with van der Waals surface area (Å²) >= 11 is 0. The molecule has 28 heavy (non-hydrogen) atoms. The van der Waals surface area contributed by atoms with Gasteiger partial charge < -0.3 is 24.6 Å². The molecule has 1 heterocycles. The minimum Gasteiger partial charge on any atom is -0.493 e. The fourth-order valence-corrected chi connectivity index (χ4v) is 3.74. The number of hydrogen-bond acceptors (Lipinski definition) is 5. The minimum atomic E-state index is -0.177. The summed E-state index contributed by atoms with van der Waals surface area (Å²) in [4.78, 5) is 17.2. The van der Waals surface area contributed by atoms with E-state index in [2.05, 4.69) is 40.4 Å². The first kappa shape index (κ1) is 20.0. The molecule has 0 aliphatic carbocycles. The molecule has 1 aliphatic rings. The highest BCUT2D eigenvalue weighted by atomic mass is 16.5. The highest BCUT2D eigenvalue weighted by Crippen LogP contribution is 2.32. The van der Waals surface area contributed by atoms with Crippen LogP contribution in [-0.4, -0.2) is 59.3 Å². The summed E-state index contributed by atoms with van der Waals surface area (Å²) in [5, 5.41) is 3.05. The van der Waals surface area contributed by atoms with E-state index >= 15 is 0 Å². The predicted molar refractivity (Wildman–Crippen MR) is 112 cm³/mol. The monoisotopic (exact) mass is 383 g/mol. The number of nitrogens with zero attached hydrogens (tertiary/aromatic N) is 2. The molecule has 0 unspecified atom stereocenters. The number of nitrogens with one attached hydrogen (secondary N) is 1. The van der Waals surface area contributed by atoms with Gasteiger partial charge in [0.15, 0.2) is 11.5 Å². The van der Waals surface area contributed by atoms with Crippen molar-refractivity contribution in [1.29, 1.82) is 0 Å². The van der Waals surface area contributed by atoms with Gasteiger partial charge >= 0.3 is 0 Å². The number of methoxy groups -OCH3 is 2. The topological polar surface area (TPSA) is 54.0 Å². The van der Waals surface area contributed by atoms with Crippen molar-refractivity contribution >= 4 is 11.6 Å². The van der Waals surface area contributed by atoms with Crippen molar-refractivity contribution in [3.63, 3.8) is 0 Å². The SMILES string of the molecule is COc1cccc(C(=O)NC[C@@H](c2ccc3c(c2)CCN3C)N(C)C)c1OC. The van der Waals surface area contributed by atoms with E-state index in [9.17, 15) is 4.79 Å². The Kier molecular flexibility index (Phi) is 6.09. The van der Waals surface area contributed by atoms with Crippen molar-refractivity contribution in [3.05, 3.63) is 53.1 Å². The fraction of sp³-hybridized carbons (Fsp3) is 0.409. The number of carbonyl (C=O) groups is 1. The molecule has 0 saturated carbocycles. The summed E-state index contributed by atoms with van der Waals surface area (Å²) in [5.74, 6) is 0.815. The van der Waals surface area contributed by atoms with Crippen LogP contribution < -0.4 is 19.7 Å². The maximum absolute atomic E-state index is 12.8. The van der Waals surface area contributed by atoms with Crippen LogP contribution in [0, 0.1) is 0 Å². The lowest BCUT2D eigenvalue weighted by atomic mass is 10.0. The molecule has 0 aromatic heterocycles. The highest BCUT2D eigenvalue weighted by molar-refractivity contribution is 5.97. The highest BCUT2D eigenvalue weighted by Gasteiger charge is 2.22. The van der Waals surface area contributed by atoms with Crippen LogP contribution in [0.4, 0.5) is 5.69 Å². The van der Waals surface area contributed by atoms with Crippen molar-refractivity contribution in [2.45, 2.75) is 12.5 Å². The average Bonchev–Trinajstić information content (AvgIpc) is 3.07. The van der Waals surface area contributed by atoms with Gasteiger partial charge in [-0.25, -0.2) is 0 Å². The summed E-state index contributed by atoms with van der Waals surface area (Å²) in [6.45, 7) is 1.55. The van der Waals surface area contributed by atoms with E-state index in [1.54, 1.807) is 32.4 Å². The number of amides is 1. The molecule has 1 amide bonds. The van der Waals surface area contributed by atoms with E-state index in [-0.39, 0.29) is 11.9 Å². The average molecular weight is 383 g/mol. The van der Waals surface area contributed by atoms with Crippen molar-refractivity contribution < 1.29 is 14.3 Å². The third-order valence-corrected chi connectivity index (χ3v) is 5.34. The van der Waals surface area contributed by atoms with Crippen LogP contribution >= 0.6 is 0 Å². The zero-order valence-corrected chi connectivity index (χ0v) is 17.3. The number of likely N-dealkylation sites (N-methyl/N-ethyl adjacent to an activating group) is 2. The second-order valence-corrected chi connectivity index (χ2v) is 7.29.